The summed E-state index contributed by atoms with van der Waals surface area (Å²) in [4.78, 5) is 0. The molecule has 4 heteroatoms. The molecule has 0 aliphatic carbocycles. The average molecular weight is 747 g/mol. The number of para-hydroxylation sites is 6. The summed E-state index contributed by atoms with van der Waals surface area (Å²) < 4.78 is 21.8. The maximum Gasteiger partial charge on any atom is 0.211 e. The third-order valence-electron chi connectivity index (χ3n) is 11.1. The van der Waals surface area contributed by atoms with Crippen LogP contribution in [0.15, 0.2) is 207 Å². The van der Waals surface area contributed by atoms with Crippen LogP contribution in [0, 0.1) is 0 Å². The molecular formula is C54H36NO3+. The SMILES string of the molecule is C/C=C\C(=C/C=[N+](c1cccc(-c2cccc3c2oc2ccccc23)c1)c1cccc(-c2cccc3c2oc2ccccc23)c1)c1cccc2c1oc1ccccc12. The molecule has 0 aliphatic rings. The summed E-state index contributed by atoms with van der Waals surface area (Å²) in [5.41, 5.74) is 13.6. The van der Waals surface area contributed by atoms with Gasteiger partial charge in [-0.2, -0.15) is 4.58 Å². The van der Waals surface area contributed by atoms with Gasteiger partial charge in [0.1, 0.15) is 33.5 Å². The molecule has 0 unspecified atom stereocenters. The van der Waals surface area contributed by atoms with E-state index >= 15 is 0 Å². The molecule has 4 nitrogen and oxygen atoms in total. The van der Waals surface area contributed by atoms with Crippen molar-refractivity contribution < 1.29 is 13.3 Å². The number of hydrogen-bond acceptors (Lipinski definition) is 3. The maximum absolute atomic E-state index is 6.51. The minimum absolute atomic E-state index is 0.870. The Morgan fingerprint density at radius 1 is 0.431 bits per heavy atom. The minimum atomic E-state index is 0.870. The Kier molecular flexibility index (Phi) is 8.00. The highest BCUT2D eigenvalue weighted by molar-refractivity contribution is 6.12. The Balaban J connectivity index is 1.11. The Bertz CT molecular complexity index is 3320. The van der Waals surface area contributed by atoms with Gasteiger partial charge in [0.15, 0.2) is 6.21 Å². The van der Waals surface area contributed by atoms with E-state index in [1.165, 1.54) is 0 Å². The van der Waals surface area contributed by atoms with E-state index in [1.807, 2.05) is 36.4 Å². The van der Waals surface area contributed by atoms with E-state index in [4.69, 9.17) is 13.3 Å². The molecule has 58 heavy (non-hydrogen) atoms. The number of fused-ring (bicyclic) bond motifs is 9. The molecule has 8 aromatic carbocycles. The Morgan fingerprint density at radius 3 is 1.38 bits per heavy atom. The van der Waals surface area contributed by atoms with Gasteiger partial charge < -0.3 is 13.3 Å². The van der Waals surface area contributed by atoms with E-state index in [2.05, 4.69) is 175 Å². The van der Waals surface area contributed by atoms with Crippen molar-refractivity contribution in [3.8, 4) is 22.3 Å². The van der Waals surface area contributed by atoms with Crippen molar-refractivity contribution in [3.05, 3.63) is 200 Å². The van der Waals surface area contributed by atoms with Crippen molar-refractivity contribution in [2.75, 3.05) is 0 Å². The van der Waals surface area contributed by atoms with Crippen LogP contribution in [0.4, 0.5) is 11.4 Å². The molecule has 0 aliphatic heterocycles. The van der Waals surface area contributed by atoms with Crippen molar-refractivity contribution in [1.82, 2.24) is 4.58 Å². The number of hydrogen-bond donors (Lipinski definition) is 0. The molecule has 274 valence electrons. The van der Waals surface area contributed by atoms with Crippen LogP contribution in [0.3, 0.4) is 0 Å². The Hall–Kier alpha value is -7.69. The standard InChI is InChI=1S/C54H36NO3/c1-2-14-35(40-22-11-25-46-43-19-3-6-28-49(43)56-52(40)46)31-32-55(38-17-9-15-36(33-38)41-23-12-26-47-44-20-4-7-29-50(44)57-53(41)47)39-18-10-16-37(34-39)42-24-13-27-48-45-21-5-8-30-51(45)58-54(42)48/h2-34H,1H3/q+1/b14-2-,35-31+. The average Bonchev–Trinajstić information content (AvgIpc) is 3.98. The number of nitrogens with zero attached hydrogens (tertiary/aromatic N) is 1. The summed E-state index contributed by atoms with van der Waals surface area (Å²) in [6, 6.07) is 61.2. The van der Waals surface area contributed by atoms with Gasteiger partial charge in [0.2, 0.25) is 11.4 Å². The van der Waals surface area contributed by atoms with Crippen LogP contribution in [-0.2, 0) is 0 Å². The zero-order valence-corrected chi connectivity index (χ0v) is 31.7. The fraction of sp³-hybridized carbons (Fsp3) is 0.0185. The zero-order chi connectivity index (χ0) is 38.6. The maximum atomic E-state index is 6.51. The number of furan rings is 3. The van der Waals surface area contributed by atoms with Crippen molar-refractivity contribution in [3.63, 3.8) is 0 Å². The smallest absolute Gasteiger partial charge is 0.211 e. The summed E-state index contributed by atoms with van der Waals surface area (Å²) >= 11 is 0. The van der Waals surface area contributed by atoms with E-state index in [-0.39, 0.29) is 0 Å². The second-order valence-corrected chi connectivity index (χ2v) is 14.6. The summed E-state index contributed by atoms with van der Waals surface area (Å²) in [5, 5.41) is 6.64. The first-order valence-corrected chi connectivity index (χ1v) is 19.6. The molecule has 0 saturated heterocycles. The van der Waals surface area contributed by atoms with Crippen LogP contribution in [0.2, 0.25) is 0 Å². The monoisotopic (exact) mass is 746 g/mol. The van der Waals surface area contributed by atoms with Gasteiger partial charge in [-0.25, -0.2) is 0 Å². The normalized spacial score (nSPS) is 12.3. The molecule has 0 atom stereocenters. The third kappa shape index (κ3) is 5.57. The van der Waals surface area contributed by atoms with Crippen LogP contribution < -0.4 is 4.58 Å². The molecule has 0 amide bonds. The predicted molar refractivity (Wildman–Crippen MR) is 242 cm³/mol. The largest absolute Gasteiger partial charge is 0.455 e. The zero-order valence-electron chi connectivity index (χ0n) is 31.7. The highest BCUT2D eigenvalue weighted by Crippen LogP contribution is 2.40. The lowest BCUT2D eigenvalue weighted by atomic mass is 10.0. The highest BCUT2D eigenvalue weighted by Gasteiger charge is 2.20. The van der Waals surface area contributed by atoms with Crippen LogP contribution in [0.25, 0.3) is 93.6 Å². The predicted octanol–water partition coefficient (Wildman–Crippen LogP) is 15.3. The van der Waals surface area contributed by atoms with Gasteiger partial charge in [0.25, 0.3) is 0 Å². The highest BCUT2D eigenvalue weighted by atomic mass is 16.3. The molecule has 11 aromatic rings. The van der Waals surface area contributed by atoms with Gasteiger partial charge in [0.05, 0.1) is 0 Å². The van der Waals surface area contributed by atoms with Crippen molar-refractivity contribution in [2.24, 2.45) is 0 Å². The minimum Gasteiger partial charge on any atom is -0.455 e. The lowest BCUT2D eigenvalue weighted by Crippen LogP contribution is -2.05. The van der Waals surface area contributed by atoms with Crippen molar-refractivity contribution in [1.29, 1.82) is 0 Å². The van der Waals surface area contributed by atoms with Gasteiger partial charge in [-0.3, -0.25) is 0 Å². The topological polar surface area (TPSA) is 42.4 Å². The molecule has 0 saturated carbocycles. The van der Waals surface area contributed by atoms with E-state index in [0.29, 0.717) is 0 Å². The molecule has 0 fully saturated rings. The summed E-state index contributed by atoms with van der Waals surface area (Å²) in [6.45, 7) is 2.05. The first-order chi connectivity index (χ1) is 28.7. The third-order valence-corrected chi connectivity index (χ3v) is 11.1. The number of allylic oxidation sites excluding steroid dienone is 4. The molecule has 0 bridgehead atoms. The van der Waals surface area contributed by atoms with E-state index in [0.717, 1.165) is 111 Å². The number of rotatable bonds is 7. The van der Waals surface area contributed by atoms with Gasteiger partial charge in [0, 0.05) is 79.3 Å². The lowest BCUT2D eigenvalue weighted by Gasteiger charge is -2.08. The fourth-order valence-corrected chi connectivity index (χ4v) is 8.46. The summed E-state index contributed by atoms with van der Waals surface area (Å²) in [7, 11) is 0. The van der Waals surface area contributed by atoms with Gasteiger partial charge in [-0.1, -0.05) is 146 Å². The van der Waals surface area contributed by atoms with Crippen LogP contribution in [0.1, 0.15) is 12.5 Å². The molecule has 3 heterocycles. The molecule has 3 aromatic heterocycles. The lowest BCUT2D eigenvalue weighted by molar-refractivity contribution is 0.667. The van der Waals surface area contributed by atoms with Crippen LogP contribution in [0.5, 0.6) is 0 Å². The van der Waals surface area contributed by atoms with E-state index < -0.39 is 0 Å². The Morgan fingerprint density at radius 2 is 0.862 bits per heavy atom. The first kappa shape index (κ1) is 33.6. The van der Waals surface area contributed by atoms with E-state index in [1.54, 1.807) is 0 Å². The second kappa shape index (κ2) is 13.8. The fourth-order valence-electron chi connectivity index (χ4n) is 8.46. The van der Waals surface area contributed by atoms with Gasteiger partial charge >= 0.3 is 0 Å². The van der Waals surface area contributed by atoms with Crippen molar-refractivity contribution >= 4 is 89.0 Å². The van der Waals surface area contributed by atoms with E-state index in [9.17, 15) is 0 Å². The van der Waals surface area contributed by atoms with Crippen LogP contribution in [-0.4, -0.2) is 6.21 Å². The molecule has 11 rings (SSSR count). The van der Waals surface area contributed by atoms with Gasteiger partial charge in [-0.15, -0.1) is 0 Å². The molecule has 0 spiro atoms. The van der Waals surface area contributed by atoms with Crippen LogP contribution >= 0.6 is 0 Å². The molecule has 0 N–H and O–H groups in total. The first-order valence-electron chi connectivity index (χ1n) is 19.6. The molecular weight excluding hydrogens is 711 g/mol. The second-order valence-electron chi connectivity index (χ2n) is 14.6. The number of benzene rings is 8. The Labute approximate surface area is 334 Å². The molecule has 0 radical (unpaired) electrons. The van der Waals surface area contributed by atoms with Crippen molar-refractivity contribution in [2.45, 2.75) is 6.92 Å². The van der Waals surface area contributed by atoms with Gasteiger partial charge in [-0.05, 0) is 41.8 Å². The summed E-state index contributed by atoms with van der Waals surface area (Å²) in [6.07, 6.45) is 8.57. The summed E-state index contributed by atoms with van der Waals surface area (Å²) in [5.74, 6) is 0. The quantitative estimate of drug-likeness (QED) is 0.0926.